The summed E-state index contributed by atoms with van der Waals surface area (Å²) in [5.41, 5.74) is 5.82. The van der Waals surface area contributed by atoms with Gasteiger partial charge in [-0.05, 0) is 30.9 Å². The van der Waals surface area contributed by atoms with Crippen molar-refractivity contribution in [3.8, 4) is 11.5 Å². The Kier molecular flexibility index (Phi) is 7.42. The third kappa shape index (κ3) is 5.26. The normalized spacial score (nSPS) is 20.5. The van der Waals surface area contributed by atoms with E-state index in [0.717, 1.165) is 5.56 Å². The molecule has 3 aromatic rings. The molecule has 11 heteroatoms. The number of anilines is 1. The lowest BCUT2D eigenvalue weighted by Crippen LogP contribution is -2.49. The first-order valence-electron chi connectivity index (χ1n) is 12.9. The fourth-order valence-corrected chi connectivity index (χ4v) is 5.41. The van der Waals surface area contributed by atoms with Crippen molar-refractivity contribution in [1.82, 2.24) is 9.97 Å². The number of rotatable bonds is 8. The maximum Gasteiger partial charge on any atom is 0.312 e. The highest BCUT2D eigenvalue weighted by atomic mass is 16.6. The predicted octanol–water partition coefficient (Wildman–Crippen LogP) is 1.96. The van der Waals surface area contributed by atoms with Crippen molar-refractivity contribution in [2.45, 2.75) is 37.9 Å². The molecule has 2 aromatic carbocycles. The van der Waals surface area contributed by atoms with E-state index in [1.54, 1.807) is 12.1 Å². The Morgan fingerprint density at radius 3 is 2.49 bits per heavy atom. The largest absolute Gasteiger partial charge is 0.493 e. The van der Waals surface area contributed by atoms with E-state index in [4.69, 9.17) is 24.7 Å². The number of H-pyrrole nitrogens is 1. The Morgan fingerprint density at radius 1 is 1.13 bits per heavy atom. The third-order valence-corrected chi connectivity index (χ3v) is 7.61. The van der Waals surface area contributed by atoms with Crippen LogP contribution in [0.25, 0.3) is 10.9 Å². The summed E-state index contributed by atoms with van der Waals surface area (Å²) in [6, 6.07) is 13.0. The number of esters is 1. The number of carbonyl (C=O) groups excluding carboxylic acids is 2. The average molecular weight is 537 g/mol. The van der Waals surface area contributed by atoms with Crippen molar-refractivity contribution >= 4 is 28.7 Å². The van der Waals surface area contributed by atoms with E-state index in [0.29, 0.717) is 73.7 Å². The highest BCUT2D eigenvalue weighted by molar-refractivity contribution is 5.83. The van der Waals surface area contributed by atoms with E-state index in [-0.39, 0.29) is 11.5 Å². The number of amides is 1. The number of nitrogens with two attached hydrogens (primary N) is 1. The van der Waals surface area contributed by atoms with Crippen molar-refractivity contribution in [2.75, 3.05) is 38.8 Å². The van der Waals surface area contributed by atoms with Gasteiger partial charge in [-0.15, -0.1) is 0 Å². The Balaban J connectivity index is 1.40. The van der Waals surface area contributed by atoms with Crippen LogP contribution in [0.1, 0.15) is 24.8 Å². The number of methoxy groups -OCH3 is 2. The minimum Gasteiger partial charge on any atom is -0.493 e. The quantitative estimate of drug-likeness (QED) is 0.413. The SMILES string of the molecule is COc1cc2nc(N3CCC(Cc4ccccc4)(C(=O)OC4CCOC4C(N)=O)CC3)[nH]c(=O)c2cc1OC. The highest BCUT2D eigenvalue weighted by Gasteiger charge is 2.46. The van der Waals surface area contributed by atoms with Gasteiger partial charge in [0.05, 0.1) is 37.1 Å². The summed E-state index contributed by atoms with van der Waals surface area (Å²) < 4.78 is 22.0. The van der Waals surface area contributed by atoms with Gasteiger partial charge >= 0.3 is 5.97 Å². The average Bonchev–Trinajstić information content (AvgIpc) is 3.41. The monoisotopic (exact) mass is 536 g/mol. The summed E-state index contributed by atoms with van der Waals surface area (Å²) in [4.78, 5) is 47.9. The topological polar surface area (TPSA) is 146 Å². The first kappa shape index (κ1) is 26.5. The molecule has 3 N–H and O–H groups in total. The second-order valence-electron chi connectivity index (χ2n) is 9.97. The standard InChI is InChI=1S/C28H32N4O7/c1-36-21-14-18-19(15-22(21)37-2)30-27(31-25(18)34)32-11-9-28(10-12-32,16-17-6-4-3-5-7-17)26(35)39-20-8-13-38-23(20)24(29)33/h3-7,14-15,20,23H,8-13,16H2,1-2H3,(H2,29,33)(H,30,31,34). The van der Waals surface area contributed by atoms with E-state index in [2.05, 4.69) is 9.97 Å². The van der Waals surface area contributed by atoms with Gasteiger partial charge in [-0.2, -0.15) is 0 Å². The Labute approximate surface area is 225 Å². The first-order chi connectivity index (χ1) is 18.8. The molecule has 2 saturated heterocycles. The highest BCUT2D eigenvalue weighted by Crippen LogP contribution is 2.39. The molecule has 11 nitrogen and oxygen atoms in total. The number of hydrogen-bond donors (Lipinski definition) is 2. The number of aromatic amines is 1. The molecule has 2 atom stereocenters. The van der Waals surface area contributed by atoms with E-state index in [1.807, 2.05) is 35.2 Å². The Morgan fingerprint density at radius 2 is 1.82 bits per heavy atom. The molecule has 206 valence electrons. The van der Waals surface area contributed by atoms with E-state index in [1.165, 1.54) is 14.2 Å². The van der Waals surface area contributed by atoms with Crippen LogP contribution in [0.3, 0.4) is 0 Å². The maximum atomic E-state index is 13.7. The zero-order chi connectivity index (χ0) is 27.6. The molecule has 0 aliphatic carbocycles. The predicted molar refractivity (Wildman–Crippen MR) is 143 cm³/mol. The van der Waals surface area contributed by atoms with Gasteiger partial charge in [0.2, 0.25) is 11.9 Å². The molecule has 0 saturated carbocycles. The number of carbonyl (C=O) groups is 2. The fourth-order valence-electron chi connectivity index (χ4n) is 5.41. The minimum absolute atomic E-state index is 0.296. The number of hydrogen-bond acceptors (Lipinski definition) is 9. The number of ether oxygens (including phenoxy) is 4. The lowest BCUT2D eigenvalue weighted by atomic mass is 9.73. The van der Waals surface area contributed by atoms with Crippen molar-refractivity contribution in [3.63, 3.8) is 0 Å². The van der Waals surface area contributed by atoms with Gasteiger partial charge in [0.1, 0.15) is 6.10 Å². The van der Waals surface area contributed by atoms with E-state index in [9.17, 15) is 14.4 Å². The summed E-state index contributed by atoms with van der Waals surface area (Å²) in [6.07, 6.45) is 0.181. The Bertz CT molecular complexity index is 1420. The summed E-state index contributed by atoms with van der Waals surface area (Å²) >= 11 is 0. The second-order valence-corrected chi connectivity index (χ2v) is 9.97. The van der Waals surface area contributed by atoms with Gasteiger partial charge in [0.15, 0.2) is 17.6 Å². The summed E-state index contributed by atoms with van der Waals surface area (Å²) in [6.45, 7) is 1.23. The van der Waals surface area contributed by atoms with Crippen molar-refractivity contribution in [2.24, 2.45) is 11.1 Å². The second kappa shape index (κ2) is 10.9. The molecular formula is C28H32N4O7. The number of piperidine rings is 1. The molecule has 2 unspecified atom stereocenters. The minimum atomic E-state index is -0.940. The molecule has 0 radical (unpaired) electrons. The molecule has 2 aliphatic rings. The van der Waals surface area contributed by atoms with Gasteiger partial charge < -0.3 is 29.6 Å². The number of primary amides is 1. The van der Waals surface area contributed by atoms with Crippen molar-refractivity contribution in [3.05, 3.63) is 58.4 Å². The number of nitrogens with one attached hydrogen (secondary N) is 1. The fraction of sp³-hybridized carbons (Fsp3) is 0.429. The van der Waals surface area contributed by atoms with Crippen LogP contribution in [-0.2, 0) is 25.5 Å². The zero-order valence-electron chi connectivity index (χ0n) is 22.0. The van der Waals surface area contributed by atoms with Crippen LogP contribution >= 0.6 is 0 Å². The molecule has 2 fully saturated rings. The Hall–Kier alpha value is -4.12. The van der Waals surface area contributed by atoms with Crippen LogP contribution in [0, 0.1) is 5.41 Å². The number of nitrogens with zero attached hydrogens (tertiary/aromatic N) is 2. The van der Waals surface area contributed by atoms with Crippen molar-refractivity contribution < 1.29 is 28.5 Å². The number of aromatic nitrogens is 2. The third-order valence-electron chi connectivity index (χ3n) is 7.61. The van der Waals surface area contributed by atoms with Gasteiger partial charge in [-0.25, -0.2) is 4.98 Å². The molecule has 3 heterocycles. The molecule has 0 bridgehead atoms. The lowest BCUT2D eigenvalue weighted by Gasteiger charge is -2.41. The van der Waals surface area contributed by atoms with Crippen LogP contribution in [-0.4, -0.2) is 68.0 Å². The summed E-state index contributed by atoms with van der Waals surface area (Å²) in [5, 5.41) is 0.387. The molecular weight excluding hydrogens is 504 g/mol. The molecule has 0 spiro atoms. The van der Waals surface area contributed by atoms with Crippen molar-refractivity contribution in [1.29, 1.82) is 0 Å². The lowest BCUT2D eigenvalue weighted by molar-refractivity contribution is -0.166. The van der Waals surface area contributed by atoms with E-state index >= 15 is 0 Å². The van der Waals surface area contributed by atoms with Crippen LogP contribution in [0.15, 0.2) is 47.3 Å². The zero-order valence-corrected chi connectivity index (χ0v) is 22.0. The molecule has 1 aromatic heterocycles. The van der Waals surface area contributed by atoms with Crippen LogP contribution in [0.4, 0.5) is 5.95 Å². The van der Waals surface area contributed by atoms with Gasteiger partial charge in [-0.3, -0.25) is 19.4 Å². The number of fused-ring (bicyclic) bond motifs is 1. The van der Waals surface area contributed by atoms with Gasteiger partial charge in [-0.1, -0.05) is 30.3 Å². The smallest absolute Gasteiger partial charge is 0.312 e. The molecule has 1 amide bonds. The number of benzene rings is 2. The van der Waals surface area contributed by atoms with Crippen LogP contribution in [0.2, 0.25) is 0 Å². The summed E-state index contributed by atoms with van der Waals surface area (Å²) in [7, 11) is 3.03. The summed E-state index contributed by atoms with van der Waals surface area (Å²) in [5.74, 6) is 0.322. The van der Waals surface area contributed by atoms with E-state index < -0.39 is 23.5 Å². The maximum absolute atomic E-state index is 13.7. The molecule has 39 heavy (non-hydrogen) atoms. The van der Waals surface area contributed by atoms with Gasteiger partial charge in [0, 0.05) is 25.6 Å². The van der Waals surface area contributed by atoms with Crippen LogP contribution in [0.5, 0.6) is 11.5 Å². The van der Waals surface area contributed by atoms with Crippen LogP contribution < -0.4 is 25.7 Å². The molecule has 2 aliphatic heterocycles. The molecule has 5 rings (SSSR count). The first-order valence-corrected chi connectivity index (χ1v) is 12.9. The van der Waals surface area contributed by atoms with Gasteiger partial charge in [0.25, 0.3) is 5.56 Å².